The molecule has 0 radical (unpaired) electrons. The predicted octanol–water partition coefficient (Wildman–Crippen LogP) is 2.20. The molecule has 1 aliphatic heterocycles. The molecule has 0 bridgehead atoms. The summed E-state index contributed by atoms with van der Waals surface area (Å²) in [5.74, 6) is -0.0532. The van der Waals surface area contributed by atoms with Crippen molar-refractivity contribution in [3.8, 4) is 0 Å². The van der Waals surface area contributed by atoms with Crippen LogP contribution in [0, 0.1) is 34.5 Å². The van der Waals surface area contributed by atoms with Crippen molar-refractivity contribution in [2.75, 3.05) is 13.2 Å². The highest BCUT2D eigenvalue weighted by Crippen LogP contribution is 2.68. The second-order valence-corrected chi connectivity index (χ2v) is 10.4. The minimum absolute atomic E-state index is 0.134. The van der Waals surface area contributed by atoms with E-state index in [4.69, 9.17) is 9.47 Å². The lowest BCUT2D eigenvalue weighted by Crippen LogP contribution is -2.63. The van der Waals surface area contributed by atoms with E-state index in [2.05, 4.69) is 25.2 Å². The highest BCUT2D eigenvalue weighted by atomic mass is 16.7. The summed E-state index contributed by atoms with van der Waals surface area (Å²) in [6.45, 7) is 7.47. The summed E-state index contributed by atoms with van der Waals surface area (Å²) in [7, 11) is 0. The van der Waals surface area contributed by atoms with Gasteiger partial charge in [0.15, 0.2) is 5.79 Å². The van der Waals surface area contributed by atoms with Crippen molar-refractivity contribution >= 4 is 12.2 Å². The zero-order valence-electron chi connectivity index (χ0n) is 17.6. The predicted molar refractivity (Wildman–Crippen MR) is 106 cm³/mol. The molecule has 4 fully saturated rings. The van der Waals surface area contributed by atoms with Gasteiger partial charge in [-0.2, -0.15) is 0 Å². The minimum atomic E-state index is -0.657. The fourth-order valence-electron chi connectivity index (χ4n) is 8.02. The van der Waals surface area contributed by atoms with Crippen molar-refractivity contribution < 1.29 is 24.2 Å². The van der Waals surface area contributed by atoms with Crippen LogP contribution in [0.25, 0.3) is 0 Å². The van der Waals surface area contributed by atoms with Crippen LogP contribution in [0.2, 0.25) is 0 Å². The summed E-state index contributed by atoms with van der Waals surface area (Å²) in [5, 5.41) is 14.2. The minimum Gasteiger partial charge on any atom is -0.392 e. The Morgan fingerprint density at radius 1 is 1.24 bits per heavy atom. The number of aliphatic hydroxyl groups excluding tert-OH is 1. The second-order valence-electron chi connectivity index (χ2n) is 10.4. The third-order valence-corrected chi connectivity index (χ3v) is 9.47. The average molecular weight is 404 g/mol. The second kappa shape index (κ2) is 6.38. The van der Waals surface area contributed by atoms with Gasteiger partial charge in [0.25, 0.3) is 0 Å². The van der Waals surface area contributed by atoms with Crippen molar-refractivity contribution in [1.29, 1.82) is 0 Å². The number of ketones is 1. The lowest BCUT2D eigenvalue weighted by atomic mass is 9.45. The maximum atomic E-state index is 13.7. The van der Waals surface area contributed by atoms with Crippen LogP contribution >= 0.6 is 0 Å². The molecule has 1 amide bonds. The Bertz CT molecular complexity index is 758. The number of aliphatic hydroxyl groups is 1. The van der Waals surface area contributed by atoms with Gasteiger partial charge in [-0.25, -0.2) is 0 Å². The van der Waals surface area contributed by atoms with Gasteiger partial charge in [-0.15, -0.1) is 0 Å². The summed E-state index contributed by atoms with van der Waals surface area (Å²) in [6.07, 6.45) is 6.30. The van der Waals surface area contributed by atoms with Gasteiger partial charge in [0.2, 0.25) is 6.41 Å². The van der Waals surface area contributed by atoms with Gasteiger partial charge in [0, 0.05) is 35.5 Å². The highest BCUT2D eigenvalue weighted by molar-refractivity contribution is 5.85. The molecule has 3 saturated carbocycles. The summed E-state index contributed by atoms with van der Waals surface area (Å²) >= 11 is 0. The van der Waals surface area contributed by atoms with Crippen LogP contribution in [0.15, 0.2) is 11.6 Å². The Morgan fingerprint density at radius 3 is 2.66 bits per heavy atom. The number of nitrogens with one attached hydrogen (secondary N) is 1. The maximum Gasteiger partial charge on any atom is 0.207 e. The molecule has 29 heavy (non-hydrogen) atoms. The lowest BCUT2D eigenvalue weighted by Gasteiger charge is -2.60. The molecule has 6 nitrogen and oxygen atoms in total. The Balaban J connectivity index is 1.54. The van der Waals surface area contributed by atoms with E-state index >= 15 is 0 Å². The van der Waals surface area contributed by atoms with E-state index in [0.29, 0.717) is 32.0 Å². The molecule has 0 aromatic heterocycles. The Hall–Kier alpha value is -1.24. The number of amides is 1. The van der Waals surface area contributed by atoms with Crippen molar-refractivity contribution in [3.05, 3.63) is 11.6 Å². The van der Waals surface area contributed by atoms with Crippen molar-refractivity contribution in [1.82, 2.24) is 5.32 Å². The highest BCUT2D eigenvalue weighted by Gasteiger charge is 2.70. The molecular formula is C23H33NO5. The molecule has 1 spiro atoms. The van der Waals surface area contributed by atoms with E-state index < -0.39 is 17.3 Å². The number of ether oxygens (including phenoxy) is 2. The SMILES string of the molecule is C[C@@H]1[C@@H](NC=O)C=C2CC[C@@H]3[C@H](C(=O)C[C@@]4(C)[C@H]3CCC43OCCO3)[C@@]2(C)[C@H]1O. The van der Waals surface area contributed by atoms with Crippen LogP contribution in [0.3, 0.4) is 0 Å². The number of hydrogen-bond donors (Lipinski definition) is 2. The first-order chi connectivity index (χ1) is 13.8. The van der Waals surface area contributed by atoms with E-state index in [-0.39, 0.29) is 35.0 Å². The van der Waals surface area contributed by atoms with E-state index in [1.807, 2.05) is 6.92 Å². The third-order valence-electron chi connectivity index (χ3n) is 9.47. The quantitative estimate of drug-likeness (QED) is 0.545. The summed E-state index contributed by atoms with van der Waals surface area (Å²) in [6, 6.07) is -0.180. The topological polar surface area (TPSA) is 84.9 Å². The van der Waals surface area contributed by atoms with Crippen LogP contribution in [-0.2, 0) is 19.1 Å². The maximum absolute atomic E-state index is 13.7. The molecular weight excluding hydrogens is 370 g/mol. The molecule has 1 saturated heterocycles. The van der Waals surface area contributed by atoms with Gasteiger partial charge >= 0.3 is 0 Å². The fraction of sp³-hybridized carbons (Fsp3) is 0.826. The monoisotopic (exact) mass is 403 g/mol. The Morgan fingerprint density at radius 2 is 1.97 bits per heavy atom. The first kappa shape index (κ1) is 19.7. The van der Waals surface area contributed by atoms with Gasteiger partial charge < -0.3 is 19.9 Å². The molecule has 2 N–H and O–H groups in total. The molecule has 4 aliphatic carbocycles. The number of rotatable bonds is 2. The average Bonchev–Trinajstić information content (AvgIpc) is 3.27. The molecule has 0 unspecified atom stereocenters. The summed E-state index contributed by atoms with van der Waals surface area (Å²) < 4.78 is 12.3. The zero-order chi connectivity index (χ0) is 20.6. The van der Waals surface area contributed by atoms with Crippen LogP contribution < -0.4 is 5.32 Å². The van der Waals surface area contributed by atoms with E-state index in [0.717, 1.165) is 31.3 Å². The van der Waals surface area contributed by atoms with Gasteiger partial charge in [-0.1, -0.05) is 32.4 Å². The van der Waals surface area contributed by atoms with Crippen LogP contribution in [0.4, 0.5) is 0 Å². The first-order valence-electron chi connectivity index (χ1n) is 11.2. The van der Waals surface area contributed by atoms with E-state index in [1.54, 1.807) is 0 Å². The smallest absolute Gasteiger partial charge is 0.207 e. The van der Waals surface area contributed by atoms with Gasteiger partial charge in [-0.05, 0) is 31.1 Å². The normalized spacial score (nSPS) is 50.5. The molecule has 8 atom stereocenters. The molecule has 5 rings (SSSR count). The Labute approximate surface area is 172 Å². The van der Waals surface area contributed by atoms with Crippen molar-refractivity contribution in [2.45, 2.75) is 70.8 Å². The van der Waals surface area contributed by atoms with Crippen LogP contribution in [-0.4, -0.2) is 48.4 Å². The first-order valence-corrected chi connectivity index (χ1v) is 11.2. The van der Waals surface area contributed by atoms with Crippen molar-refractivity contribution in [3.63, 3.8) is 0 Å². The Kier molecular flexibility index (Phi) is 4.34. The largest absolute Gasteiger partial charge is 0.392 e. The van der Waals surface area contributed by atoms with Crippen molar-refractivity contribution in [2.24, 2.45) is 34.5 Å². The van der Waals surface area contributed by atoms with Gasteiger partial charge in [-0.3, -0.25) is 9.59 Å². The number of fused-ring (bicyclic) bond motifs is 6. The number of Topliss-reactive ketones (excluding diaryl/α,β-unsaturated/α-hetero) is 1. The zero-order valence-corrected chi connectivity index (χ0v) is 17.6. The summed E-state index contributed by atoms with van der Waals surface area (Å²) in [5.41, 5.74) is 0.294. The van der Waals surface area contributed by atoms with Crippen LogP contribution in [0.1, 0.15) is 52.9 Å². The molecule has 6 heteroatoms. The number of carbonyl (C=O) groups is 2. The molecule has 160 valence electrons. The van der Waals surface area contributed by atoms with Crippen LogP contribution in [0.5, 0.6) is 0 Å². The fourth-order valence-corrected chi connectivity index (χ4v) is 8.02. The lowest BCUT2D eigenvalue weighted by molar-refractivity contribution is -0.240. The molecule has 1 heterocycles. The van der Waals surface area contributed by atoms with E-state index in [9.17, 15) is 14.7 Å². The van der Waals surface area contributed by atoms with Gasteiger partial charge in [0.1, 0.15) is 5.78 Å². The number of hydrogen-bond acceptors (Lipinski definition) is 5. The van der Waals surface area contributed by atoms with E-state index in [1.165, 1.54) is 0 Å². The van der Waals surface area contributed by atoms with Gasteiger partial charge in [0.05, 0.1) is 25.4 Å². The molecule has 0 aromatic carbocycles. The molecule has 0 aromatic rings. The third kappa shape index (κ3) is 2.34. The standard InChI is InChI=1S/C23H33NO5/c1-13-17(24-12-25)10-14-4-5-15-16-6-7-23(28-8-9-29-23)21(16,2)11-18(26)19(15)22(14,3)20(13)27/h10,12-13,15-17,19-20,27H,4-9,11H2,1-3H3,(H,24,25)/t13-,15+,16+,17+,19-,20+,21+,22+/m1/s1. The summed E-state index contributed by atoms with van der Waals surface area (Å²) in [4.78, 5) is 24.7. The molecule has 5 aliphatic rings. The number of carbonyl (C=O) groups excluding carboxylic acids is 2.